The molecule has 0 radical (unpaired) electrons. The number of nitrogens with zero attached hydrogens (tertiary/aromatic N) is 3. The quantitative estimate of drug-likeness (QED) is 0.475. The van der Waals surface area contributed by atoms with Gasteiger partial charge in [0, 0.05) is 5.92 Å². The van der Waals surface area contributed by atoms with Crippen molar-refractivity contribution in [1.29, 1.82) is 0 Å². The number of nitrogens with one attached hydrogen (secondary N) is 1. The number of carbonyl (C=O) groups excluding carboxylic acids is 1. The van der Waals surface area contributed by atoms with Crippen molar-refractivity contribution in [2.75, 3.05) is 5.84 Å². The summed E-state index contributed by atoms with van der Waals surface area (Å²) in [7, 11) is 0. The Kier molecular flexibility index (Phi) is 5.34. The van der Waals surface area contributed by atoms with Gasteiger partial charge >= 0.3 is 0 Å². The van der Waals surface area contributed by atoms with E-state index in [1.807, 2.05) is 67.6 Å². The first-order valence-corrected chi connectivity index (χ1v) is 10.3. The average molecular weight is 394 g/mol. The molecule has 7 heteroatoms. The molecule has 1 aromatic heterocycles. The molecule has 1 aliphatic carbocycles. The van der Waals surface area contributed by atoms with Crippen molar-refractivity contribution >= 4 is 17.7 Å². The lowest BCUT2D eigenvalue weighted by Gasteiger charge is -2.22. The van der Waals surface area contributed by atoms with Gasteiger partial charge in [0.05, 0.1) is 11.3 Å². The van der Waals surface area contributed by atoms with Crippen LogP contribution in [0, 0.1) is 0 Å². The third kappa shape index (κ3) is 4.04. The predicted octanol–water partition coefficient (Wildman–Crippen LogP) is 3.26. The number of carbonyl (C=O) groups is 1. The monoisotopic (exact) mass is 393 g/mol. The van der Waals surface area contributed by atoms with E-state index in [4.69, 9.17) is 5.84 Å². The molecule has 1 amide bonds. The van der Waals surface area contributed by atoms with Crippen LogP contribution in [0.1, 0.15) is 48.7 Å². The van der Waals surface area contributed by atoms with Gasteiger partial charge in [-0.1, -0.05) is 72.4 Å². The van der Waals surface area contributed by atoms with Crippen LogP contribution in [0.2, 0.25) is 0 Å². The van der Waals surface area contributed by atoms with Crippen LogP contribution in [0.3, 0.4) is 0 Å². The summed E-state index contributed by atoms with van der Waals surface area (Å²) in [6.45, 7) is 1.86. The van der Waals surface area contributed by atoms with Crippen molar-refractivity contribution in [3.8, 4) is 0 Å². The molecule has 0 unspecified atom stereocenters. The number of aromatic nitrogens is 3. The Balaban J connectivity index is 1.49. The van der Waals surface area contributed by atoms with Crippen LogP contribution in [0.4, 0.5) is 0 Å². The van der Waals surface area contributed by atoms with Gasteiger partial charge < -0.3 is 11.2 Å². The fourth-order valence-corrected chi connectivity index (χ4v) is 3.90. The molecule has 1 fully saturated rings. The van der Waals surface area contributed by atoms with Crippen LogP contribution < -0.4 is 11.2 Å². The molecule has 1 atom stereocenters. The van der Waals surface area contributed by atoms with Gasteiger partial charge in [-0.15, -0.1) is 10.2 Å². The summed E-state index contributed by atoms with van der Waals surface area (Å²) < 4.78 is 1.53. The summed E-state index contributed by atoms with van der Waals surface area (Å²) in [5.74, 6) is 7.26. The fraction of sp³-hybridized carbons (Fsp3) is 0.286. The molecule has 1 saturated carbocycles. The minimum atomic E-state index is -0.353. The standard InChI is InChI=1S/C21H23N5OS/c1-14(28-21-25-24-19(26(21)22)17-12-13-17)20(27)23-18(15-8-4-2-5-9-15)16-10-6-3-7-11-16/h2-11,14,17-18H,12-13,22H2,1H3,(H,23,27)/t14-/m0/s1. The van der Waals surface area contributed by atoms with Gasteiger partial charge in [-0.25, -0.2) is 4.68 Å². The first kappa shape index (κ1) is 18.6. The highest BCUT2D eigenvalue weighted by Gasteiger charge is 2.31. The molecule has 1 heterocycles. The Morgan fingerprint density at radius 1 is 1.07 bits per heavy atom. The number of hydrogen-bond acceptors (Lipinski definition) is 5. The number of hydrogen-bond donors (Lipinski definition) is 2. The molecule has 0 aliphatic heterocycles. The number of benzene rings is 2. The van der Waals surface area contributed by atoms with Gasteiger partial charge in [-0.3, -0.25) is 4.79 Å². The third-order valence-electron chi connectivity index (χ3n) is 4.84. The topological polar surface area (TPSA) is 85.8 Å². The Hall–Kier alpha value is -2.80. The zero-order valence-electron chi connectivity index (χ0n) is 15.7. The highest BCUT2D eigenvalue weighted by atomic mass is 32.2. The van der Waals surface area contributed by atoms with E-state index in [0.29, 0.717) is 11.1 Å². The molecule has 2 aromatic carbocycles. The molecule has 4 rings (SSSR count). The Bertz CT molecular complexity index is 900. The lowest BCUT2D eigenvalue weighted by molar-refractivity contribution is -0.120. The second-order valence-corrected chi connectivity index (χ2v) is 8.32. The molecular formula is C21H23N5OS. The van der Waals surface area contributed by atoms with Gasteiger partial charge in [0.2, 0.25) is 11.1 Å². The van der Waals surface area contributed by atoms with Crippen molar-refractivity contribution < 1.29 is 4.79 Å². The average Bonchev–Trinajstić information content (AvgIpc) is 3.51. The van der Waals surface area contributed by atoms with E-state index in [0.717, 1.165) is 29.8 Å². The van der Waals surface area contributed by atoms with E-state index in [1.54, 1.807) is 0 Å². The van der Waals surface area contributed by atoms with Crippen molar-refractivity contribution in [3.63, 3.8) is 0 Å². The Morgan fingerprint density at radius 2 is 1.64 bits per heavy atom. The van der Waals surface area contributed by atoms with Crippen molar-refractivity contribution in [3.05, 3.63) is 77.6 Å². The normalized spacial score (nSPS) is 14.8. The molecule has 1 aliphatic rings. The molecule has 0 bridgehead atoms. The van der Waals surface area contributed by atoms with Crippen LogP contribution in [-0.4, -0.2) is 26.0 Å². The van der Waals surface area contributed by atoms with Crippen LogP contribution in [-0.2, 0) is 4.79 Å². The summed E-state index contributed by atoms with van der Waals surface area (Å²) >= 11 is 1.33. The third-order valence-corrected chi connectivity index (χ3v) is 5.89. The van der Waals surface area contributed by atoms with Crippen LogP contribution in [0.15, 0.2) is 65.8 Å². The van der Waals surface area contributed by atoms with Crippen molar-refractivity contribution in [1.82, 2.24) is 20.2 Å². The summed E-state index contributed by atoms with van der Waals surface area (Å²) in [6.07, 6.45) is 2.21. The largest absolute Gasteiger partial charge is 0.344 e. The minimum Gasteiger partial charge on any atom is -0.344 e. The molecule has 144 valence electrons. The van der Waals surface area contributed by atoms with Crippen molar-refractivity contribution in [2.45, 2.75) is 42.1 Å². The fourth-order valence-electron chi connectivity index (χ4n) is 3.11. The van der Waals surface area contributed by atoms with Gasteiger partial charge in [0.15, 0.2) is 5.82 Å². The van der Waals surface area contributed by atoms with Crippen LogP contribution in [0.5, 0.6) is 0 Å². The summed E-state index contributed by atoms with van der Waals surface area (Å²) in [4.78, 5) is 12.9. The summed E-state index contributed by atoms with van der Waals surface area (Å²) in [5.41, 5.74) is 2.08. The van der Waals surface area contributed by atoms with Gasteiger partial charge in [-0.05, 0) is 30.9 Å². The van der Waals surface area contributed by atoms with E-state index < -0.39 is 0 Å². The zero-order chi connectivity index (χ0) is 19.5. The Labute approximate surface area is 168 Å². The highest BCUT2D eigenvalue weighted by Crippen LogP contribution is 2.39. The smallest absolute Gasteiger partial charge is 0.234 e. The highest BCUT2D eigenvalue weighted by molar-refractivity contribution is 8.00. The number of thioether (sulfide) groups is 1. The minimum absolute atomic E-state index is 0.0707. The molecule has 0 spiro atoms. The first-order chi connectivity index (χ1) is 13.6. The van der Waals surface area contributed by atoms with E-state index in [9.17, 15) is 4.79 Å². The Morgan fingerprint density at radius 3 is 2.18 bits per heavy atom. The van der Waals surface area contributed by atoms with E-state index in [-0.39, 0.29) is 17.2 Å². The summed E-state index contributed by atoms with van der Waals surface area (Å²) in [6, 6.07) is 19.7. The molecule has 28 heavy (non-hydrogen) atoms. The maximum absolute atomic E-state index is 12.9. The van der Waals surface area contributed by atoms with E-state index >= 15 is 0 Å². The molecule has 3 aromatic rings. The maximum atomic E-state index is 12.9. The zero-order valence-corrected chi connectivity index (χ0v) is 16.5. The number of nitrogens with two attached hydrogens (primary N) is 1. The molecule has 3 N–H and O–H groups in total. The van der Waals surface area contributed by atoms with E-state index in [2.05, 4.69) is 15.5 Å². The number of nitrogen functional groups attached to an aromatic ring is 1. The van der Waals surface area contributed by atoms with Gasteiger partial charge in [0.25, 0.3) is 0 Å². The first-order valence-electron chi connectivity index (χ1n) is 9.41. The van der Waals surface area contributed by atoms with Gasteiger partial charge in [-0.2, -0.15) is 0 Å². The second kappa shape index (κ2) is 8.06. The van der Waals surface area contributed by atoms with Crippen LogP contribution in [0.25, 0.3) is 0 Å². The predicted molar refractivity (Wildman–Crippen MR) is 110 cm³/mol. The lowest BCUT2D eigenvalue weighted by atomic mass is 9.98. The maximum Gasteiger partial charge on any atom is 0.234 e. The second-order valence-electron chi connectivity index (χ2n) is 7.01. The molecule has 0 saturated heterocycles. The van der Waals surface area contributed by atoms with E-state index in [1.165, 1.54) is 16.4 Å². The SMILES string of the molecule is C[C@H](Sc1nnc(C2CC2)n1N)C(=O)NC(c1ccccc1)c1ccccc1. The molecular weight excluding hydrogens is 370 g/mol. The van der Waals surface area contributed by atoms with Gasteiger partial charge in [0.1, 0.15) is 0 Å². The molecule has 6 nitrogen and oxygen atoms in total. The number of rotatable bonds is 7. The summed E-state index contributed by atoms with van der Waals surface area (Å²) in [5, 5.41) is 11.7. The lowest BCUT2D eigenvalue weighted by Crippen LogP contribution is -2.35. The van der Waals surface area contributed by atoms with Crippen LogP contribution >= 0.6 is 11.8 Å². The number of amides is 1. The van der Waals surface area contributed by atoms with Crippen molar-refractivity contribution in [2.24, 2.45) is 0 Å².